The second-order valence-corrected chi connectivity index (χ2v) is 5.69. The quantitative estimate of drug-likeness (QED) is 0.776. The summed E-state index contributed by atoms with van der Waals surface area (Å²) in [6.07, 6.45) is 2.14. The molecule has 19 heavy (non-hydrogen) atoms. The van der Waals surface area contributed by atoms with Gasteiger partial charge < -0.3 is 10.2 Å². The van der Waals surface area contributed by atoms with Gasteiger partial charge in [0, 0.05) is 22.8 Å². The zero-order valence-electron chi connectivity index (χ0n) is 12.1. The van der Waals surface area contributed by atoms with Crippen molar-refractivity contribution in [3.05, 3.63) is 29.3 Å². The monoisotopic (exact) mass is 298 g/mol. The van der Waals surface area contributed by atoms with E-state index in [0.717, 1.165) is 23.6 Å². The average Bonchev–Trinajstić information content (AvgIpc) is 2.38. The number of hydrogen-bond acceptors (Lipinski definition) is 1. The van der Waals surface area contributed by atoms with Gasteiger partial charge in [0.15, 0.2) is 5.11 Å². The molecule has 0 saturated heterocycles. The van der Waals surface area contributed by atoms with Crippen LogP contribution in [0.5, 0.6) is 0 Å². The largest absolute Gasteiger partial charge is 0.344 e. The van der Waals surface area contributed by atoms with Crippen molar-refractivity contribution in [3.8, 4) is 0 Å². The highest BCUT2D eigenvalue weighted by Crippen LogP contribution is 2.18. The van der Waals surface area contributed by atoms with E-state index >= 15 is 0 Å². The maximum atomic E-state index is 5.99. The minimum Gasteiger partial charge on any atom is -0.344 e. The van der Waals surface area contributed by atoms with Gasteiger partial charge in [0.25, 0.3) is 0 Å². The van der Waals surface area contributed by atoms with Gasteiger partial charge >= 0.3 is 0 Å². The van der Waals surface area contributed by atoms with Crippen molar-refractivity contribution in [2.45, 2.75) is 52.6 Å². The molecule has 2 unspecified atom stereocenters. The lowest BCUT2D eigenvalue weighted by Crippen LogP contribution is -2.46. The molecule has 2 atom stereocenters. The molecule has 0 bridgehead atoms. The van der Waals surface area contributed by atoms with Crippen LogP contribution in [-0.2, 0) is 0 Å². The molecule has 0 aliphatic heterocycles. The molecule has 0 fully saturated rings. The molecule has 1 aromatic carbocycles. The Morgan fingerprint density at radius 3 is 2.32 bits per heavy atom. The van der Waals surface area contributed by atoms with Crippen LogP contribution in [0, 0.1) is 0 Å². The number of nitrogens with zero attached hydrogens (tertiary/aromatic N) is 1. The van der Waals surface area contributed by atoms with Gasteiger partial charge in [-0.3, -0.25) is 0 Å². The fraction of sp³-hybridized carbons (Fsp3) is 0.533. The molecule has 0 aliphatic carbocycles. The van der Waals surface area contributed by atoms with Crippen LogP contribution in [0.2, 0.25) is 5.02 Å². The molecule has 106 valence electrons. The summed E-state index contributed by atoms with van der Waals surface area (Å²) < 4.78 is 0. The smallest absolute Gasteiger partial charge is 0.173 e. The molecule has 0 radical (unpaired) electrons. The molecule has 0 aliphatic rings. The van der Waals surface area contributed by atoms with E-state index in [2.05, 4.69) is 37.9 Å². The zero-order valence-corrected chi connectivity index (χ0v) is 13.7. The summed E-state index contributed by atoms with van der Waals surface area (Å²) in [5.74, 6) is 0. The molecule has 4 heteroatoms. The van der Waals surface area contributed by atoms with Crippen molar-refractivity contribution in [2.24, 2.45) is 0 Å². The number of anilines is 1. The molecule has 1 rings (SSSR count). The van der Waals surface area contributed by atoms with E-state index in [-0.39, 0.29) is 0 Å². The van der Waals surface area contributed by atoms with Crippen molar-refractivity contribution in [3.63, 3.8) is 0 Å². The normalized spacial score (nSPS) is 13.7. The van der Waals surface area contributed by atoms with E-state index in [1.54, 1.807) is 0 Å². The predicted molar refractivity (Wildman–Crippen MR) is 89.0 cm³/mol. The zero-order chi connectivity index (χ0) is 14.4. The lowest BCUT2D eigenvalue weighted by atomic mass is 10.1. The second kappa shape index (κ2) is 7.71. The van der Waals surface area contributed by atoms with Gasteiger partial charge in [-0.1, -0.05) is 31.5 Å². The van der Waals surface area contributed by atoms with Crippen LogP contribution in [-0.4, -0.2) is 22.1 Å². The number of halogens is 1. The van der Waals surface area contributed by atoms with E-state index < -0.39 is 0 Å². The number of rotatable bonds is 5. The fourth-order valence-electron chi connectivity index (χ4n) is 1.98. The highest BCUT2D eigenvalue weighted by Gasteiger charge is 2.20. The topological polar surface area (TPSA) is 15.3 Å². The summed E-state index contributed by atoms with van der Waals surface area (Å²) in [6.45, 7) is 8.78. The Morgan fingerprint density at radius 2 is 1.84 bits per heavy atom. The first-order valence-corrected chi connectivity index (χ1v) is 7.63. The Bertz CT molecular complexity index is 412. The summed E-state index contributed by atoms with van der Waals surface area (Å²) in [5.41, 5.74) is 0.939. The van der Waals surface area contributed by atoms with E-state index in [4.69, 9.17) is 23.8 Å². The van der Waals surface area contributed by atoms with Crippen molar-refractivity contribution >= 4 is 34.6 Å². The number of nitrogens with one attached hydrogen (secondary N) is 1. The first kappa shape index (κ1) is 16.3. The number of thiocarbonyl (C=S) groups is 1. The maximum absolute atomic E-state index is 5.99. The first-order chi connectivity index (χ1) is 8.99. The van der Waals surface area contributed by atoms with E-state index in [1.807, 2.05) is 24.3 Å². The maximum Gasteiger partial charge on any atom is 0.173 e. The summed E-state index contributed by atoms with van der Waals surface area (Å²) >= 11 is 11.5. The van der Waals surface area contributed by atoms with Crippen LogP contribution < -0.4 is 5.32 Å². The van der Waals surface area contributed by atoms with E-state index in [0.29, 0.717) is 17.1 Å². The van der Waals surface area contributed by atoms with Crippen molar-refractivity contribution in [1.82, 2.24) is 4.90 Å². The van der Waals surface area contributed by atoms with Crippen LogP contribution in [0.25, 0.3) is 0 Å². The third-order valence-electron chi connectivity index (χ3n) is 3.44. The lowest BCUT2D eigenvalue weighted by Gasteiger charge is -2.36. The average molecular weight is 299 g/mol. The number of benzene rings is 1. The molecule has 0 amide bonds. The summed E-state index contributed by atoms with van der Waals surface area (Å²) in [4.78, 5) is 2.27. The second-order valence-electron chi connectivity index (χ2n) is 4.86. The molecular weight excluding hydrogens is 276 g/mol. The van der Waals surface area contributed by atoms with Crippen LogP contribution in [0.3, 0.4) is 0 Å². The van der Waals surface area contributed by atoms with Crippen molar-refractivity contribution < 1.29 is 0 Å². The van der Waals surface area contributed by atoms with Crippen LogP contribution in [0.1, 0.15) is 40.5 Å². The molecule has 0 aromatic heterocycles. The Hall–Kier alpha value is -0.800. The van der Waals surface area contributed by atoms with Gasteiger partial charge in [0.2, 0.25) is 0 Å². The Kier molecular flexibility index (Phi) is 6.59. The van der Waals surface area contributed by atoms with Crippen LogP contribution in [0.15, 0.2) is 24.3 Å². The van der Waals surface area contributed by atoms with E-state index in [9.17, 15) is 0 Å². The Balaban J connectivity index is 2.82. The molecule has 1 N–H and O–H groups in total. The van der Waals surface area contributed by atoms with Crippen molar-refractivity contribution in [2.75, 3.05) is 5.32 Å². The molecular formula is C15H23ClN2S. The first-order valence-electron chi connectivity index (χ1n) is 6.84. The van der Waals surface area contributed by atoms with Gasteiger partial charge in [-0.05, 0) is 57.1 Å². The van der Waals surface area contributed by atoms with Gasteiger partial charge in [0.1, 0.15) is 0 Å². The molecule has 0 saturated carbocycles. The van der Waals surface area contributed by atoms with Crippen LogP contribution >= 0.6 is 23.8 Å². The third-order valence-corrected chi connectivity index (χ3v) is 3.99. The SMILES string of the molecule is CCC(C)N(C(=S)Nc1cccc(Cl)c1)C(C)CC. The highest BCUT2D eigenvalue weighted by atomic mass is 35.5. The van der Waals surface area contributed by atoms with Crippen molar-refractivity contribution in [1.29, 1.82) is 0 Å². The third kappa shape index (κ3) is 4.66. The van der Waals surface area contributed by atoms with Crippen LogP contribution in [0.4, 0.5) is 5.69 Å². The molecule has 0 spiro atoms. The molecule has 2 nitrogen and oxygen atoms in total. The number of hydrogen-bond donors (Lipinski definition) is 1. The van der Waals surface area contributed by atoms with Gasteiger partial charge in [-0.2, -0.15) is 0 Å². The minimum absolute atomic E-state index is 0.425. The summed E-state index contributed by atoms with van der Waals surface area (Å²) in [7, 11) is 0. The fourth-order valence-corrected chi connectivity index (χ4v) is 2.65. The van der Waals surface area contributed by atoms with Gasteiger partial charge in [-0.25, -0.2) is 0 Å². The predicted octanol–water partition coefficient (Wildman–Crippen LogP) is 4.94. The Labute approximate surface area is 127 Å². The lowest BCUT2D eigenvalue weighted by molar-refractivity contribution is 0.254. The Morgan fingerprint density at radius 1 is 1.26 bits per heavy atom. The summed E-state index contributed by atoms with van der Waals surface area (Å²) in [5, 5.41) is 4.77. The standard InChI is InChI=1S/C15H23ClN2S/c1-5-11(3)18(12(4)6-2)15(19)17-14-9-7-8-13(16)10-14/h7-12H,5-6H2,1-4H3,(H,17,19). The summed E-state index contributed by atoms with van der Waals surface area (Å²) in [6, 6.07) is 8.49. The highest BCUT2D eigenvalue weighted by molar-refractivity contribution is 7.80. The van der Waals surface area contributed by atoms with Gasteiger partial charge in [0.05, 0.1) is 0 Å². The molecule has 0 heterocycles. The molecule has 1 aromatic rings. The van der Waals surface area contributed by atoms with Gasteiger partial charge in [-0.15, -0.1) is 0 Å². The minimum atomic E-state index is 0.425. The van der Waals surface area contributed by atoms with E-state index in [1.165, 1.54) is 0 Å².